The van der Waals surface area contributed by atoms with Crippen molar-refractivity contribution in [2.45, 2.75) is 37.7 Å². The monoisotopic (exact) mass is 332 g/mol. The minimum Gasteiger partial charge on any atom is -0.458 e. The second kappa shape index (κ2) is 6.18. The molecule has 0 bridgehead atoms. The average Bonchev–Trinajstić information content (AvgIpc) is 3.34. The van der Waals surface area contributed by atoms with Gasteiger partial charge in [0.15, 0.2) is 11.5 Å². The van der Waals surface area contributed by atoms with Gasteiger partial charge in [0.05, 0.1) is 18.9 Å². The largest absolute Gasteiger partial charge is 0.458 e. The number of piperidine rings is 1. The van der Waals surface area contributed by atoms with Gasteiger partial charge in [0.25, 0.3) is 5.91 Å². The third-order valence-electron chi connectivity index (χ3n) is 4.26. The highest BCUT2D eigenvalue weighted by atomic mass is 19.1. The zero-order valence-electron chi connectivity index (χ0n) is 13.0. The molecule has 1 saturated heterocycles. The van der Waals surface area contributed by atoms with Crippen molar-refractivity contribution in [3.05, 3.63) is 35.7 Å². The average molecular weight is 332 g/mol. The van der Waals surface area contributed by atoms with E-state index < -0.39 is 5.82 Å². The van der Waals surface area contributed by atoms with Crippen molar-refractivity contribution in [2.24, 2.45) is 0 Å². The van der Waals surface area contributed by atoms with Gasteiger partial charge in [-0.3, -0.25) is 4.79 Å². The third kappa shape index (κ3) is 3.22. The maximum Gasteiger partial charge on any atom is 0.316 e. The Kier molecular flexibility index (Phi) is 3.87. The fourth-order valence-corrected chi connectivity index (χ4v) is 2.84. The van der Waals surface area contributed by atoms with Crippen molar-refractivity contribution in [1.29, 1.82) is 0 Å². The molecule has 1 atom stereocenters. The maximum atomic E-state index is 12.8. The Morgan fingerprint density at radius 2 is 2.08 bits per heavy atom. The molecule has 7 nitrogen and oxygen atoms in total. The van der Waals surface area contributed by atoms with Crippen LogP contribution in [-0.4, -0.2) is 45.1 Å². The van der Waals surface area contributed by atoms with Crippen LogP contribution in [0, 0.1) is 5.82 Å². The lowest BCUT2D eigenvalue weighted by Gasteiger charge is -2.31. The topological polar surface area (TPSA) is 81.4 Å². The van der Waals surface area contributed by atoms with Gasteiger partial charge in [0.1, 0.15) is 11.9 Å². The molecule has 4 rings (SSSR count). The molecule has 2 aromatic rings. The van der Waals surface area contributed by atoms with Gasteiger partial charge in [-0.2, -0.15) is 0 Å². The number of aromatic nitrogens is 3. The second-order valence-corrected chi connectivity index (χ2v) is 6.21. The standard InChI is InChI=1S/C16H17FN4O3/c17-11-7-18-16(19-8-11)23-12-2-1-5-21(9-12)15(22)13-6-14(24-20-13)10-3-4-10/h6-8,10,12H,1-5,9H2. The van der Waals surface area contributed by atoms with Crippen molar-refractivity contribution in [3.8, 4) is 6.01 Å². The first-order valence-electron chi connectivity index (χ1n) is 8.09. The number of nitrogens with zero attached hydrogens (tertiary/aromatic N) is 4. The molecule has 3 heterocycles. The molecule has 2 aromatic heterocycles. The van der Waals surface area contributed by atoms with E-state index in [1.54, 1.807) is 11.0 Å². The third-order valence-corrected chi connectivity index (χ3v) is 4.26. The van der Waals surface area contributed by atoms with Gasteiger partial charge < -0.3 is 14.2 Å². The molecule has 2 aliphatic rings. The van der Waals surface area contributed by atoms with Gasteiger partial charge in [0.2, 0.25) is 0 Å². The maximum absolute atomic E-state index is 12.8. The SMILES string of the molecule is O=C(c1cc(C2CC2)on1)N1CCCC(Oc2ncc(F)cn2)C1. The van der Waals surface area contributed by atoms with E-state index in [0.29, 0.717) is 24.7 Å². The van der Waals surface area contributed by atoms with E-state index in [9.17, 15) is 9.18 Å². The van der Waals surface area contributed by atoms with Gasteiger partial charge in [-0.25, -0.2) is 14.4 Å². The van der Waals surface area contributed by atoms with E-state index in [4.69, 9.17) is 9.26 Å². The normalized spacial score (nSPS) is 20.9. The summed E-state index contributed by atoms with van der Waals surface area (Å²) < 4.78 is 23.7. The van der Waals surface area contributed by atoms with Crippen molar-refractivity contribution in [3.63, 3.8) is 0 Å². The van der Waals surface area contributed by atoms with Crippen LogP contribution in [0.3, 0.4) is 0 Å². The Hall–Kier alpha value is -2.51. The van der Waals surface area contributed by atoms with Crippen LogP contribution in [-0.2, 0) is 0 Å². The van der Waals surface area contributed by atoms with E-state index in [2.05, 4.69) is 15.1 Å². The van der Waals surface area contributed by atoms with Crippen molar-refractivity contribution < 1.29 is 18.4 Å². The minimum atomic E-state index is -0.514. The van der Waals surface area contributed by atoms with E-state index in [-0.39, 0.29) is 18.0 Å². The summed E-state index contributed by atoms with van der Waals surface area (Å²) in [5.74, 6) is 0.550. The molecule has 1 saturated carbocycles. The smallest absolute Gasteiger partial charge is 0.316 e. The highest BCUT2D eigenvalue weighted by Crippen LogP contribution is 2.40. The van der Waals surface area contributed by atoms with E-state index in [1.165, 1.54) is 0 Å². The molecule has 1 aliphatic heterocycles. The van der Waals surface area contributed by atoms with E-state index in [0.717, 1.165) is 43.8 Å². The molecule has 0 radical (unpaired) electrons. The molecule has 2 fully saturated rings. The molecule has 24 heavy (non-hydrogen) atoms. The Morgan fingerprint density at radius 3 is 2.83 bits per heavy atom. The van der Waals surface area contributed by atoms with Gasteiger partial charge >= 0.3 is 6.01 Å². The molecule has 1 aliphatic carbocycles. The number of hydrogen-bond donors (Lipinski definition) is 0. The van der Waals surface area contributed by atoms with E-state index in [1.807, 2.05) is 0 Å². The Bertz CT molecular complexity index is 729. The lowest BCUT2D eigenvalue weighted by Crippen LogP contribution is -2.44. The van der Waals surface area contributed by atoms with Crippen molar-refractivity contribution in [1.82, 2.24) is 20.0 Å². The molecule has 8 heteroatoms. The first-order chi connectivity index (χ1) is 11.7. The van der Waals surface area contributed by atoms with Crippen LogP contribution >= 0.6 is 0 Å². The van der Waals surface area contributed by atoms with Crippen LogP contribution in [0.5, 0.6) is 6.01 Å². The molecular weight excluding hydrogens is 315 g/mol. The second-order valence-electron chi connectivity index (χ2n) is 6.21. The summed E-state index contributed by atoms with van der Waals surface area (Å²) in [6.07, 6.45) is 5.69. The Labute approximate surface area is 137 Å². The van der Waals surface area contributed by atoms with Gasteiger partial charge in [-0.05, 0) is 25.7 Å². The Morgan fingerprint density at radius 1 is 1.29 bits per heavy atom. The molecule has 0 spiro atoms. The van der Waals surface area contributed by atoms with Crippen LogP contribution in [0.15, 0.2) is 23.0 Å². The number of ether oxygens (including phenoxy) is 1. The van der Waals surface area contributed by atoms with Crippen molar-refractivity contribution >= 4 is 5.91 Å². The first kappa shape index (κ1) is 15.0. The summed E-state index contributed by atoms with van der Waals surface area (Å²) in [7, 11) is 0. The predicted molar refractivity (Wildman–Crippen MR) is 80.0 cm³/mol. The minimum absolute atomic E-state index is 0.119. The van der Waals surface area contributed by atoms with Gasteiger partial charge in [-0.1, -0.05) is 5.16 Å². The summed E-state index contributed by atoms with van der Waals surface area (Å²) in [5, 5.41) is 3.90. The van der Waals surface area contributed by atoms with Crippen LogP contribution in [0.4, 0.5) is 4.39 Å². The van der Waals surface area contributed by atoms with E-state index >= 15 is 0 Å². The number of carbonyl (C=O) groups excluding carboxylic acids is 1. The number of amides is 1. The Balaban J connectivity index is 1.39. The number of rotatable bonds is 4. The number of carbonyl (C=O) groups is 1. The first-order valence-corrected chi connectivity index (χ1v) is 8.09. The summed E-state index contributed by atoms with van der Waals surface area (Å²) in [6.45, 7) is 1.07. The molecule has 126 valence electrons. The fourth-order valence-electron chi connectivity index (χ4n) is 2.84. The molecular formula is C16H17FN4O3. The lowest BCUT2D eigenvalue weighted by molar-refractivity contribution is 0.0506. The van der Waals surface area contributed by atoms with Crippen LogP contribution < -0.4 is 4.74 Å². The summed E-state index contributed by atoms with van der Waals surface area (Å²) in [4.78, 5) is 21.8. The molecule has 0 N–H and O–H groups in total. The number of likely N-dealkylation sites (tertiary alicyclic amines) is 1. The zero-order valence-corrected chi connectivity index (χ0v) is 13.0. The molecule has 1 unspecified atom stereocenters. The van der Waals surface area contributed by atoms with Crippen LogP contribution in [0.1, 0.15) is 47.8 Å². The van der Waals surface area contributed by atoms with Gasteiger partial charge in [0, 0.05) is 18.5 Å². The van der Waals surface area contributed by atoms with Gasteiger partial charge in [-0.15, -0.1) is 0 Å². The highest BCUT2D eigenvalue weighted by Gasteiger charge is 2.31. The lowest BCUT2D eigenvalue weighted by atomic mass is 10.1. The number of hydrogen-bond acceptors (Lipinski definition) is 6. The fraction of sp³-hybridized carbons (Fsp3) is 0.500. The highest BCUT2D eigenvalue weighted by molar-refractivity contribution is 5.92. The summed E-state index contributed by atoms with van der Waals surface area (Å²) in [6, 6.07) is 1.86. The summed E-state index contributed by atoms with van der Waals surface area (Å²) in [5.41, 5.74) is 0.343. The molecule has 1 amide bonds. The quantitative estimate of drug-likeness (QED) is 0.853. The predicted octanol–water partition coefficient (Wildman–Crippen LogP) is 2.16. The molecule has 0 aromatic carbocycles. The summed E-state index contributed by atoms with van der Waals surface area (Å²) >= 11 is 0. The zero-order chi connectivity index (χ0) is 16.5. The van der Waals surface area contributed by atoms with Crippen LogP contribution in [0.2, 0.25) is 0 Å². The van der Waals surface area contributed by atoms with Crippen molar-refractivity contribution in [2.75, 3.05) is 13.1 Å². The number of halogens is 1. The van der Waals surface area contributed by atoms with Crippen LogP contribution in [0.25, 0.3) is 0 Å².